The number of benzene rings is 7. The van der Waals surface area contributed by atoms with Gasteiger partial charge in [-0.15, -0.1) is 0 Å². The molecule has 60 heavy (non-hydrogen) atoms. The van der Waals surface area contributed by atoms with E-state index in [1.807, 2.05) is 36.4 Å². The van der Waals surface area contributed by atoms with Crippen LogP contribution in [0.25, 0.3) is 101 Å². The number of hydrogen-bond acceptors (Lipinski definition) is 5. The van der Waals surface area contributed by atoms with Gasteiger partial charge in [0.1, 0.15) is 11.4 Å². The van der Waals surface area contributed by atoms with Crippen LogP contribution >= 0.6 is 0 Å². The van der Waals surface area contributed by atoms with Crippen LogP contribution in [0.4, 0.5) is 0 Å². The van der Waals surface area contributed by atoms with E-state index in [9.17, 15) is 0 Å². The molecule has 10 aromatic rings. The number of nitrogens with zero attached hydrogens (tertiary/aromatic N) is 5. The molecule has 0 aliphatic heterocycles. The normalized spacial score (nSPS) is 11.0. The van der Waals surface area contributed by atoms with Crippen molar-refractivity contribution in [1.29, 1.82) is 0 Å². The van der Waals surface area contributed by atoms with Crippen molar-refractivity contribution in [2.24, 2.45) is 0 Å². The maximum Gasteiger partial charge on any atom is 0.182 e. The van der Waals surface area contributed by atoms with Crippen LogP contribution in [0.1, 0.15) is 0 Å². The minimum atomic E-state index is 0.486. The summed E-state index contributed by atoms with van der Waals surface area (Å²) >= 11 is 0. The van der Waals surface area contributed by atoms with Gasteiger partial charge in [-0.05, 0) is 127 Å². The monoisotopic (exact) mass is 767 g/mol. The molecule has 0 atom stereocenters. The molecule has 10 rings (SSSR count). The quantitative estimate of drug-likeness (QED) is 0.146. The van der Waals surface area contributed by atoms with E-state index >= 15 is 0 Å². The number of hydrogen-bond donors (Lipinski definition) is 0. The van der Waals surface area contributed by atoms with Crippen LogP contribution in [-0.4, -0.2) is 24.9 Å². The minimum Gasteiger partial charge on any atom is -0.253 e. The first-order valence-corrected chi connectivity index (χ1v) is 20.0. The summed E-state index contributed by atoms with van der Waals surface area (Å²) in [5.41, 5.74) is 15.8. The van der Waals surface area contributed by atoms with Crippen LogP contribution in [0.2, 0.25) is 0 Å². The second-order valence-corrected chi connectivity index (χ2v) is 14.6. The highest BCUT2D eigenvalue weighted by Crippen LogP contribution is 2.40. The Morgan fingerprint density at radius 2 is 0.617 bits per heavy atom. The number of aromatic nitrogens is 5. The summed E-state index contributed by atoms with van der Waals surface area (Å²) in [6, 6.07) is 74.2. The van der Waals surface area contributed by atoms with Gasteiger partial charge >= 0.3 is 0 Å². The Morgan fingerprint density at radius 1 is 0.217 bits per heavy atom. The minimum absolute atomic E-state index is 0.486. The second-order valence-electron chi connectivity index (χ2n) is 14.6. The lowest BCUT2D eigenvalue weighted by Crippen LogP contribution is -2.02. The third kappa shape index (κ3) is 7.63. The molecule has 0 amide bonds. The van der Waals surface area contributed by atoms with Crippen molar-refractivity contribution < 1.29 is 0 Å². The molecule has 5 heteroatoms. The average Bonchev–Trinajstić information content (AvgIpc) is 3.35. The van der Waals surface area contributed by atoms with Gasteiger partial charge in [-0.3, -0.25) is 9.97 Å². The highest BCUT2D eigenvalue weighted by Gasteiger charge is 2.18. The molecule has 0 aliphatic carbocycles. The lowest BCUT2D eigenvalue weighted by atomic mass is 9.88. The van der Waals surface area contributed by atoms with Crippen LogP contribution < -0.4 is 0 Å². The van der Waals surface area contributed by atoms with Crippen molar-refractivity contribution in [2.45, 2.75) is 0 Å². The lowest BCUT2D eigenvalue weighted by Gasteiger charge is -2.17. The first-order valence-electron chi connectivity index (χ1n) is 20.0. The van der Waals surface area contributed by atoms with E-state index in [4.69, 9.17) is 15.0 Å². The van der Waals surface area contributed by atoms with E-state index in [0.29, 0.717) is 28.9 Å². The van der Waals surface area contributed by atoms with E-state index in [1.54, 1.807) is 12.4 Å². The summed E-state index contributed by atoms with van der Waals surface area (Å²) in [4.78, 5) is 24.0. The molecule has 0 spiro atoms. The molecule has 0 saturated carbocycles. The Kier molecular flexibility index (Phi) is 9.88. The molecule has 0 aliphatic rings. The fraction of sp³-hybridized carbons (Fsp3) is 0. The maximum atomic E-state index is 5.00. The second kappa shape index (κ2) is 16.4. The third-order valence-corrected chi connectivity index (χ3v) is 10.6. The van der Waals surface area contributed by atoms with Crippen molar-refractivity contribution in [2.75, 3.05) is 0 Å². The predicted octanol–water partition coefficient (Wildman–Crippen LogP) is 13.7. The summed E-state index contributed by atoms with van der Waals surface area (Å²) < 4.78 is 0. The Morgan fingerprint density at radius 3 is 1.10 bits per heavy atom. The highest BCUT2D eigenvalue weighted by atomic mass is 15.1. The van der Waals surface area contributed by atoms with E-state index in [-0.39, 0.29) is 0 Å². The fourth-order valence-electron chi connectivity index (χ4n) is 7.65. The first kappa shape index (κ1) is 36.2. The molecule has 0 bridgehead atoms. The molecule has 0 radical (unpaired) electrons. The lowest BCUT2D eigenvalue weighted by molar-refractivity contribution is 1.05. The van der Waals surface area contributed by atoms with Crippen LogP contribution in [0.15, 0.2) is 225 Å². The number of rotatable bonds is 9. The van der Waals surface area contributed by atoms with E-state index in [2.05, 4.69) is 186 Å². The largest absolute Gasteiger partial charge is 0.253 e. The average molecular weight is 768 g/mol. The number of pyridine rings is 2. The van der Waals surface area contributed by atoms with Crippen molar-refractivity contribution in [1.82, 2.24) is 24.9 Å². The molecule has 3 aromatic heterocycles. The van der Waals surface area contributed by atoms with Gasteiger partial charge in [0.2, 0.25) is 0 Å². The summed E-state index contributed by atoms with van der Waals surface area (Å²) in [5, 5.41) is 0. The zero-order valence-electron chi connectivity index (χ0n) is 32.6. The maximum absolute atomic E-state index is 5.00. The smallest absolute Gasteiger partial charge is 0.182 e. The van der Waals surface area contributed by atoms with Gasteiger partial charge in [0, 0.05) is 18.0 Å². The van der Waals surface area contributed by atoms with E-state index in [1.165, 1.54) is 22.3 Å². The summed E-state index contributed by atoms with van der Waals surface area (Å²) in [6.45, 7) is 0. The van der Waals surface area contributed by atoms with Crippen LogP contribution in [0, 0.1) is 0 Å². The molecule has 5 nitrogen and oxygen atoms in total. The molecular weight excluding hydrogens is 731 g/mol. The molecule has 0 saturated heterocycles. The third-order valence-electron chi connectivity index (χ3n) is 10.6. The van der Waals surface area contributed by atoms with Gasteiger partial charge in [0.15, 0.2) is 17.5 Å². The molecule has 0 N–H and O–H groups in total. The SMILES string of the molecule is c1ccc(-c2cccc(-c3cc(-c4cccc(-c5ccccc5)c4)cc(-c4ccc(-c5nc(-c6ccccn6)nc(-c6ccccn6)n5)cc4-c4ccccc4)c3)c2)cc1. The van der Waals surface area contributed by atoms with Gasteiger partial charge in [0.25, 0.3) is 0 Å². The zero-order valence-corrected chi connectivity index (χ0v) is 32.6. The van der Waals surface area contributed by atoms with Gasteiger partial charge in [-0.25, -0.2) is 15.0 Å². The summed E-state index contributed by atoms with van der Waals surface area (Å²) in [7, 11) is 0. The molecular formula is C55H37N5. The zero-order chi connectivity index (χ0) is 40.1. The fourth-order valence-corrected chi connectivity index (χ4v) is 7.65. The van der Waals surface area contributed by atoms with Crippen LogP contribution in [0.3, 0.4) is 0 Å². The van der Waals surface area contributed by atoms with Crippen molar-refractivity contribution >= 4 is 0 Å². The van der Waals surface area contributed by atoms with Crippen LogP contribution in [0.5, 0.6) is 0 Å². The van der Waals surface area contributed by atoms with Crippen LogP contribution in [-0.2, 0) is 0 Å². The van der Waals surface area contributed by atoms with E-state index < -0.39 is 0 Å². The molecule has 282 valence electrons. The van der Waals surface area contributed by atoms with E-state index in [0.717, 1.165) is 50.1 Å². The Bertz CT molecular complexity index is 2900. The van der Waals surface area contributed by atoms with Gasteiger partial charge < -0.3 is 0 Å². The Labute approximate surface area is 349 Å². The first-order chi connectivity index (χ1) is 29.7. The summed E-state index contributed by atoms with van der Waals surface area (Å²) in [5.74, 6) is 1.51. The summed E-state index contributed by atoms with van der Waals surface area (Å²) in [6.07, 6.45) is 3.50. The van der Waals surface area contributed by atoms with Crippen molar-refractivity contribution in [3.05, 3.63) is 225 Å². The standard InChI is InChI=1S/C55H37N5/c1-4-16-38(17-5-1)41-22-14-24-43(32-41)46-34-47(44-25-15-23-42(33-44)39-18-6-2-7-19-39)36-48(35-46)49-29-28-45(37-50(49)40-20-8-3-9-21-40)53-58-54(51-26-10-12-30-56-51)60-55(59-53)52-27-11-13-31-57-52/h1-37H. The highest BCUT2D eigenvalue weighted by molar-refractivity contribution is 5.91. The topological polar surface area (TPSA) is 64.5 Å². The van der Waals surface area contributed by atoms with Crippen molar-refractivity contribution in [3.8, 4) is 101 Å². The molecule has 3 heterocycles. The Hall–Kier alpha value is -8.15. The molecule has 0 unspecified atom stereocenters. The van der Waals surface area contributed by atoms with Gasteiger partial charge in [-0.1, -0.05) is 152 Å². The predicted molar refractivity (Wildman–Crippen MR) is 244 cm³/mol. The molecule has 7 aromatic carbocycles. The van der Waals surface area contributed by atoms with Gasteiger partial charge in [-0.2, -0.15) is 0 Å². The Balaban J connectivity index is 1.16. The molecule has 0 fully saturated rings. The van der Waals surface area contributed by atoms with Crippen molar-refractivity contribution in [3.63, 3.8) is 0 Å². The van der Waals surface area contributed by atoms with Gasteiger partial charge in [0.05, 0.1) is 0 Å².